The van der Waals surface area contributed by atoms with Crippen LogP contribution < -0.4 is 5.32 Å². The molecule has 0 fully saturated rings. The Morgan fingerprint density at radius 3 is 2.36 bits per heavy atom. The largest absolute Gasteiger partial charge is 0.311 e. The van der Waals surface area contributed by atoms with Crippen LogP contribution in [-0.4, -0.2) is 41.5 Å². The molecule has 0 atom stereocenters. The molecule has 2 aromatic rings. The quantitative estimate of drug-likeness (QED) is 0.657. The Morgan fingerprint density at radius 1 is 1.14 bits per heavy atom. The second-order valence-electron chi connectivity index (χ2n) is 7.07. The number of hydrogen-bond acceptors (Lipinski definition) is 4. The van der Waals surface area contributed by atoms with Gasteiger partial charge in [0.2, 0.25) is 15.9 Å². The second kappa shape index (κ2) is 9.84. The van der Waals surface area contributed by atoms with E-state index in [4.69, 9.17) is 0 Å². The molecule has 154 valence electrons. The number of nitrogens with one attached hydrogen (secondary N) is 1. The van der Waals surface area contributed by atoms with Crippen molar-refractivity contribution in [3.63, 3.8) is 0 Å². The predicted octanol–water partition coefficient (Wildman–Crippen LogP) is 3.14. The van der Waals surface area contributed by atoms with Gasteiger partial charge in [-0.15, -0.1) is 0 Å². The van der Waals surface area contributed by atoms with Crippen LogP contribution in [0.4, 0.5) is 5.82 Å². The standard InChI is InChI=1S/C20H30N4O3S/c1-5-23(6-2)28(26,27)18-10-7-17(8-11-18)9-12-20(25)22-19-13-14-21-24(19)15-16(3)4/h7-8,10-11,13-14,16H,5-6,9,12,15H2,1-4H3,(H,22,25). The number of sulfonamides is 1. The van der Waals surface area contributed by atoms with Crippen LogP contribution in [0.15, 0.2) is 41.4 Å². The van der Waals surface area contributed by atoms with E-state index in [1.54, 1.807) is 41.2 Å². The zero-order valence-electron chi connectivity index (χ0n) is 17.1. The van der Waals surface area contributed by atoms with Crippen LogP contribution in [0.5, 0.6) is 0 Å². The molecule has 1 N–H and O–H groups in total. The number of aromatic nitrogens is 2. The summed E-state index contributed by atoms with van der Waals surface area (Å²) in [6.07, 6.45) is 2.53. The highest BCUT2D eigenvalue weighted by atomic mass is 32.2. The third kappa shape index (κ3) is 5.65. The van der Waals surface area contributed by atoms with Crippen LogP contribution in [0.25, 0.3) is 0 Å². The summed E-state index contributed by atoms with van der Waals surface area (Å²) < 4.78 is 28.2. The molecule has 0 spiro atoms. The summed E-state index contributed by atoms with van der Waals surface area (Å²) in [5, 5.41) is 7.12. The first kappa shape index (κ1) is 22.1. The normalized spacial score (nSPS) is 11.9. The highest BCUT2D eigenvalue weighted by Crippen LogP contribution is 2.17. The van der Waals surface area contributed by atoms with Crippen molar-refractivity contribution < 1.29 is 13.2 Å². The summed E-state index contributed by atoms with van der Waals surface area (Å²) in [7, 11) is -3.45. The fourth-order valence-corrected chi connectivity index (χ4v) is 4.39. The van der Waals surface area contributed by atoms with Crippen molar-refractivity contribution in [2.75, 3.05) is 18.4 Å². The molecule has 1 heterocycles. The van der Waals surface area contributed by atoms with Crippen LogP contribution >= 0.6 is 0 Å². The molecule has 1 aromatic carbocycles. The topological polar surface area (TPSA) is 84.3 Å². The summed E-state index contributed by atoms with van der Waals surface area (Å²) in [5.74, 6) is 1.03. The Hall–Kier alpha value is -2.19. The molecule has 0 aliphatic carbocycles. The number of nitrogens with zero attached hydrogens (tertiary/aromatic N) is 3. The highest BCUT2D eigenvalue weighted by molar-refractivity contribution is 7.89. The first-order chi connectivity index (χ1) is 13.3. The number of rotatable bonds is 10. The van der Waals surface area contributed by atoms with Crippen molar-refractivity contribution in [2.45, 2.75) is 52.0 Å². The molecule has 1 aromatic heterocycles. The Kier molecular flexibility index (Phi) is 7.77. The van der Waals surface area contributed by atoms with E-state index in [0.29, 0.717) is 37.7 Å². The van der Waals surface area contributed by atoms with Crippen LogP contribution in [0.3, 0.4) is 0 Å². The number of carbonyl (C=O) groups excluding carboxylic acids is 1. The van der Waals surface area contributed by atoms with Gasteiger partial charge in [0.1, 0.15) is 5.82 Å². The van der Waals surface area contributed by atoms with Gasteiger partial charge < -0.3 is 5.32 Å². The van der Waals surface area contributed by atoms with Crippen LogP contribution in [0.1, 0.15) is 39.7 Å². The zero-order chi connectivity index (χ0) is 20.7. The van der Waals surface area contributed by atoms with E-state index in [9.17, 15) is 13.2 Å². The molecule has 0 saturated heterocycles. The minimum atomic E-state index is -3.45. The minimum absolute atomic E-state index is 0.0923. The molecular formula is C20H30N4O3S. The van der Waals surface area contributed by atoms with Gasteiger partial charge in [0.25, 0.3) is 0 Å². The zero-order valence-corrected chi connectivity index (χ0v) is 17.9. The lowest BCUT2D eigenvalue weighted by molar-refractivity contribution is -0.116. The first-order valence-corrected chi connectivity index (χ1v) is 11.1. The number of benzene rings is 1. The van der Waals surface area contributed by atoms with Gasteiger partial charge in [-0.05, 0) is 30.0 Å². The first-order valence-electron chi connectivity index (χ1n) is 9.68. The summed E-state index contributed by atoms with van der Waals surface area (Å²) in [5.41, 5.74) is 0.921. The molecule has 0 aliphatic heterocycles. The van der Waals surface area contributed by atoms with Gasteiger partial charge in [-0.3, -0.25) is 4.79 Å². The molecule has 8 heteroatoms. The van der Waals surface area contributed by atoms with Gasteiger partial charge in [0.15, 0.2) is 0 Å². The van der Waals surface area contributed by atoms with Gasteiger partial charge in [-0.1, -0.05) is 39.8 Å². The lowest BCUT2D eigenvalue weighted by Gasteiger charge is -2.18. The SMILES string of the molecule is CCN(CC)S(=O)(=O)c1ccc(CCC(=O)Nc2ccnn2CC(C)C)cc1. The molecule has 0 aliphatic rings. The number of anilines is 1. The van der Waals surface area contributed by atoms with E-state index in [1.807, 2.05) is 13.8 Å². The van der Waals surface area contributed by atoms with Gasteiger partial charge in [0, 0.05) is 32.1 Å². The summed E-state index contributed by atoms with van der Waals surface area (Å²) in [6, 6.07) is 8.55. The lowest BCUT2D eigenvalue weighted by Crippen LogP contribution is -2.30. The third-order valence-electron chi connectivity index (χ3n) is 4.43. The Morgan fingerprint density at radius 2 is 1.79 bits per heavy atom. The highest BCUT2D eigenvalue weighted by Gasteiger charge is 2.21. The van der Waals surface area contributed by atoms with E-state index in [-0.39, 0.29) is 10.8 Å². The van der Waals surface area contributed by atoms with Crippen molar-refractivity contribution in [1.82, 2.24) is 14.1 Å². The smallest absolute Gasteiger partial charge is 0.243 e. The molecule has 2 rings (SSSR count). The van der Waals surface area contributed by atoms with Gasteiger partial charge in [-0.25, -0.2) is 13.1 Å². The summed E-state index contributed by atoms with van der Waals surface area (Å²) >= 11 is 0. The van der Waals surface area contributed by atoms with Crippen molar-refractivity contribution in [1.29, 1.82) is 0 Å². The number of hydrogen-bond donors (Lipinski definition) is 1. The monoisotopic (exact) mass is 406 g/mol. The molecule has 0 radical (unpaired) electrons. The Labute approximate surface area is 167 Å². The van der Waals surface area contributed by atoms with E-state index >= 15 is 0 Å². The van der Waals surface area contributed by atoms with Gasteiger partial charge in [0.05, 0.1) is 11.1 Å². The van der Waals surface area contributed by atoms with E-state index in [2.05, 4.69) is 24.3 Å². The average Bonchev–Trinajstić information content (AvgIpc) is 3.07. The van der Waals surface area contributed by atoms with Crippen LogP contribution in [-0.2, 0) is 27.8 Å². The van der Waals surface area contributed by atoms with Crippen LogP contribution in [0.2, 0.25) is 0 Å². The predicted molar refractivity (Wildman–Crippen MR) is 111 cm³/mol. The Balaban J connectivity index is 1.95. The molecule has 0 saturated carbocycles. The molecule has 0 unspecified atom stereocenters. The van der Waals surface area contributed by atoms with E-state index in [0.717, 1.165) is 12.1 Å². The molecule has 7 nitrogen and oxygen atoms in total. The molecule has 1 amide bonds. The fraction of sp³-hybridized carbons (Fsp3) is 0.500. The summed E-state index contributed by atoms with van der Waals surface area (Å²) in [6.45, 7) is 9.45. The molecule has 28 heavy (non-hydrogen) atoms. The van der Waals surface area contributed by atoms with Gasteiger partial charge in [-0.2, -0.15) is 9.40 Å². The van der Waals surface area contributed by atoms with Crippen molar-refractivity contribution in [3.8, 4) is 0 Å². The van der Waals surface area contributed by atoms with Crippen molar-refractivity contribution in [2.24, 2.45) is 5.92 Å². The maximum Gasteiger partial charge on any atom is 0.243 e. The number of carbonyl (C=O) groups is 1. The fourth-order valence-electron chi connectivity index (χ4n) is 2.93. The van der Waals surface area contributed by atoms with Crippen molar-refractivity contribution >= 4 is 21.7 Å². The Bertz CT molecular complexity index is 869. The maximum absolute atomic E-state index is 12.5. The summed E-state index contributed by atoms with van der Waals surface area (Å²) in [4.78, 5) is 12.5. The van der Waals surface area contributed by atoms with E-state index in [1.165, 1.54) is 4.31 Å². The maximum atomic E-state index is 12.5. The molecular weight excluding hydrogens is 376 g/mol. The van der Waals surface area contributed by atoms with Crippen molar-refractivity contribution in [3.05, 3.63) is 42.1 Å². The van der Waals surface area contributed by atoms with Gasteiger partial charge >= 0.3 is 0 Å². The minimum Gasteiger partial charge on any atom is -0.311 e. The average molecular weight is 407 g/mol. The third-order valence-corrected chi connectivity index (χ3v) is 6.49. The number of aryl methyl sites for hydroxylation is 1. The van der Waals surface area contributed by atoms with Crippen LogP contribution in [0, 0.1) is 5.92 Å². The molecule has 0 bridgehead atoms. The van der Waals surface area contributed by atoms with E-state index < -0.39 is 10.0 Å². The lowest BCUT2D eigenvalue weighted by atomic mass is 10.1. The number of amides is 1. The second-order valence-corrected chi connectivity index (χ2v) is 9.01.